The Hall–Kier alpha value is -1.82. The van der Waals surface area contributed by atoms with Gasteiger partial charge in [-0.25, -0.2) is 0 Å². The van der Waals surface area contributed by atoms with Gasteiger partial charge in [-0.1, -0.05) is 89.1 Å². The first-order valence-electron chi connectivity index (χ1n) is 9.64. The van der Waals surface area contributed by atoms with Crippen LogP contribution in [0.3, 0.4) is 0 Å². The summed E-state index contributed by atoms with van der Waals surface area (Å²) < 4.78 is 0. The lowest BCUT2D eigenvalue weighted by molar-refractivity contribution is 0.921. The molecule has 0 radical (unpaired) electrons. The summed E-state index contributed by atoms with van der Waals surface area (Å²) in [6.07, 6.45) is 6.91. The predicted molar refractivity (Wildman–Crippen MR) is 108 cm³/mol. The van der Waals surface area contributed by atoms with E-state index in [-0.39, 0.29) is 0 Å². The Labute approximate surface area is 148 Å². The highest BCUT2D eigenvalue weighted by molar-refractivity contribution is 5.90. The van der Waals surface area contributed by atoms with E-state index in [4.69, 9.17) is 0 Å². The molecule has 0 spiro atoms. The predicted octanol–water partition coefficient (Wildman–Crippen LogP) is 7.32. The summed E-state index contributed by atoms with van der Waals surface area (Å²) in [4.78, 5) is 0. The fourth-order valence-electron chi connectivity index (χ4n) is 3.51. The van der Waals surface area contributed by atoms with E-state index in [9.17, 15) is 0 Å². The van der Waals surface area contributed by atoms with Crippen molar-refractivity contribution < 1.29 is 0 Å². The van der Waals surface area contributed by atoms with Crippen LogP contribution in [0.15, 0.2) is 48.5 Å². The van der Waals surface area contributed by atoms with E-state index in [1.54, 1.807) is 0 Å². The number of allylic oxidation sites excluding steroid dienone is 2. The Kier molecular flexibility index (Phi) is 7.31. The van der Waals surface area contributed by atoms with E-state index < -0.39 is 0 Å². The zero-order chi connectivity index (χ0) is 17.4. The number of aryl methyl sites for hydroxylation is 2. The van der Waals surface area contributed by atoms with Crippen molar-refractivity contribution >= 4 is 11.1 Å². The van der Waals surface area contributed by atoms with Gasteiger partial charge in [-0.2, -0.15) is 0 Å². The second kappa shape index (κ2) is 9.47. The summed E-state index contributed by atoms with van der Waals surface area (Å²) in [6, 6.07) is 18.4. The number of benzene rings is 2. The fraction of sp³-hybridized carbons (Fsp3) is 0.417. The maximum atomic E-state index is 2.31. The molecule has 0 heterocycles. The van der Waals surface area contributed by atoms with E-state index in [1.165, 1.54) is 59.1 Å². The van der Waals surface area contributed by atoms with E-state index in [1.807, 2.05) is 0 Å². The molecule has 2 aromatic rings. The van der Waals surface area contributed by atoms with Gasteiger partial charge in [0.05, 0.1) is 0 Å². The molecular formula is C24H32. The smallest absolute Gasteiger partial charge is 0.0221 e. The SMILES string of the molecule is CCCc1ccc(C(CC)=C(CC)c2ccc(CCC)cc2)cc1. The Balaban J connectivity index is 2.37. The topological polar surface area (TPSA) is 0 Å². The van der Waals surface area contributed by atoms with E-state index in [2.05, 4.69) is 76.2 Å². The summed E-state index contributed by atoms with van der Waals surface area (Å²) in [6.45, 7) is 9.03. The van der Waals surface area contributed by atoms with E-state index in [0.717, 1.165) is 12.8 Å². The van der Waals surface area contributed by atoms with Gasteiger partial charge in [-0.15, -0.1) is 0 Å². The largest absolute Gasteiger partial charge is 0.0651 e. The van der Waals surface area contributed by atoms with Crippen LogP contribution >= 0.6 is 0 Å². The van der Waals surface area contributed by atoms with Gasteiger partial charge in [-0.05, 0) is 59.1 Å². The molecule has 0 aromatic heterocycles. The molecule has 0 bridgehead atoms. The minimum Gasteiger partial charge on any atom is -0.0651 e. The second-order valence-electron chi connectivity index (χ2n) is 6.56. The fourth-order valence-corrected chi connectivity index (χ4v) is 3.51. The quantitative estimate of drug-likeness (QED) is 0.447. The molecule has 0 fully saturated rings. The molecule has 0 aliphatic heterocycles. The van der Waals surface area contributed by atoms with Crippen molar-refractivity contribution in [2.24, 2.45) is 0 Å². The van der Waals surface area contributed by atoms with Gasteiger partial charge in [0.1, 0.15) is 0 Å². The molecule has 24 heavy (non-hydrogen) atoms. The standard InChI is InChI=1S/C24H32/c1-5-9-19-11-15-21(16-12-19)23(7-3)24(8-4)22-17-13-20(10-6-2)14-18-22/h11-18H,5-10H2,1-4H3. The lowest BCUT2D eigenvalue weighted by atomic mass is 9.90. The van der Waals surface area contributed by atoms with Crippen LogP contribution in [0.5, 0.6) is 0 Å². The molecule has 0 saturated carbocycles. The molecule has 128 valence electrons. The molecule has 0 saturated heterocycles. The molecule has 0 aliphatic rings. The van der Waals surface area contributed by atoms with Crippen LogP contribution in [0.4, 0.5) is 0 Å². The molecule has 0 nitrogen and oxygen atoms in total. The van der Waals surface area contributed by atoms with Crippen molar-refractivity contribution in [3.05, 3.63) is 70.8 Å². The Bertz CT molecular complexity index is 582. The van der Waals surface area contributed by atoms with Gasteiger partial charge in [0.25, 0.3) is 0 Å². The maximum Gasteiger partial charge on any atom is -0.0221 e. The van der Waals surface area contributed by atoms with E-state index in [0.29, 0.717) is 0 Å². The van der Waals surface area contributed by atoms with Gasteiger partial charge in [-0.3, -0.25) is 0 Å². The normalized spacial score (nSPS) is 12.2. The first-order chi connectivity index (χ1) is 11.7. The van der Waals surface area contributed by atoms with Gasteiger partial charge in [0.15, 0.2) is 0 Å². The van der Waals surface area contributed by atoms with Gasteiger partial charge in [0.2, 0.25) is 0 Å². The number of rotatable bonds is 8. The zero-order valence-corrected chi connectivity index (χ0v) is 15.9. The number of hydrogen-bond acceptors (Lipinski definition) is 0. The lowest BCUT2D eigenvalue weighted by Gasteiger charge is -2.15. The van der Waals surface area contributed by atoms with Crippen LogP contribution in [0.2, 0.25) is 0 Å². The summed E-state index contributed by atoms with van der Waals surface area (Å²) >= 11 is 0. The van der Waals surface area contributed by atoms with Crippen molar-refractivity contribution in [3.8, 4) is 0 Å². The van der Waals surface area contributed by atoms with Crippen molar-refractivity contribution in [1.29, 1.82) is 0 Å². The van der Waals surface area contributed by atoms with Crippen LogP contribution in [0.1, 0.15) is 75.6 Å². The third-order valence-corrected chi connectivity index (χ3v) is 4.75. The Morgan fingerprint density at radius 2 is 0.875 bits per heavy atom. The van der Waals surface area contributed by atoms with Crippen LogP contribution in [-0.4, -0.2) is 0 Å². The molecule has 0 unspecified atom stereocenters. The molecule has 2 rings (SSSR count). The summed E-state index contributed by atoms with van der Waals surface area (Å²) in [5.74, 6) is 0. The Morgan fingerprint density at radius 1 is 0.542 bits per heavy atom. The van der Waals surface area contributed by atoms with Crippen molar-refractivity contribution in [3.63, 3.8) is 0 Å². The Morgan fingerprint density at radius 3 is 1.12 bits per heavy atom. The lowest BCUT2D eigenvalue weighted by Crippen LogP contribution is -1.93. The van der Waals surface area contributed by atoms with Gasteiger partial charge >= 0.3 is 0 Å². The van der Waals surface area contributed by atoms with Crippen LogP contribution in [0, 0.1) is 0 Å². The second-order valence-corrected chi connectivity index (χ2v) is 6.56. The number of hydrogen-bond donors (Lipinski definition) is 0. The van der Waals surface area contributed by atoms with Crippen LogP contribution in [-0.2, 0) is 12.8 Å². The highest BCUT2D eigenvalue weighted by Crippen LogP contribution is 2.31. The van der Waals surface area contributed by atoms with Crippen molar-refractivity contribution in [2.45, 2.75) is 66.2 Å². The van der Waals surface area contributed by atoms with Gasteiger partial charge < -0.3 is 0 Å². The summed E-state index contributed by atoms with van der Waals surface area (Å²) in [7, 11) is 0. The monoisotopic (exact) mass is 320 g/mol. The summed E-state index contributed by atoms with van der Waals surface area (Å²) in [5, 5.41) is 0. The molecule has 0 aliphatic carbocycles. The van der Waals surface area contributed by atoms with E-state index >= 15 is 0 Å². The zero-order valence-electron chi connectivity index (χ0n) is 15.9. The molecule has 0 N–H and O–H groups in total. The molecule has 2 aromatic carbocycles. The highest BCUT2D eigenvalue weighted by Gasteiger charge is 2.09. The molecule has 0 atom stereocenters. The molecule has 0 heteroatoms. The van der Waals surface area contributed by atoms with Crippen molar-refractivity contribution in [1.82, 2.24) is 0 Å². The average molecular weight is 321 g/mol. The first-order valence-corrected chi connectivity index (χ1v) is 9.64. The molecular weight excluding hydrogens is 288 g/mol. The maximum absolute atomic E-state index is 2.31. The third-order valence-electron chi connectivity index (χ3n) is 4.75. The van der Waals surface area contributed by atoms with Crippen LogP contribution < -0.4 is 0 Å². The molecule has 0 amide bonds. The minimum atomic E-state index is 1.08. The highest BCUT2D eigenvalue weighted by atomic mass is 14.1. The van der Waals surface area contributed by atoms with Gasteiger partial charge in [0, 0.05) is 0 Å². The van der Waals surface area contributed by atoms with Crippen LogP contribution in [0.25, 0.3) is 11.1 Å². The third kappa shape index (κ3) is 4.60. The van der Waals surface area contributed by atoms with Crippen molar-refractivity contribution in [2.75, 3.05) is 0 Å². The average Bonchev–Trinajstić information content (AvgIpc) is 2.62. The first kappa shape index (κ1) is 18.5. The summed E-state index contributed by atoms with van der Waals surface area (Å²) in [5.41, 5.74) is 8.63. The minimum absolute atomic E-state index is 1.08.